The molecule has 1 spiro atoms. The van der Waals surface area contributed by atoms with Gasteiger partial charge in [0, 0.05) is 16.5 Å². The first-order valence-electron chi connectivity index (χ1n) is 8.96. The topological polar surface area (TPSA) is 43.1 Å². The molecule has 0 bridgehead atoms. The van der Waals surface area contributed by atoms with Gasteiger partial charge in [0.25, 0.3) is 0 Å². The lowest BCUT2D eigenvalue weighted by atomic mass is 9.69. The standard InChI is InChI=1S/C22H19NO2/c24-21-18-19(23-20(25-21)15-8-2-1-3-9-15)17-11-5-4-10-16(17)14-22(18)12-6-7-13-22/h1-5,8-11H,6-7,12-14H2. The summed E-state index contributed by atoms with van der Waals surface area (Å²) in [5, 5.41) is 0. The lowest BCUT2D eigenvalue weighted by Crippen LogP contribution is -2.35. The number of nitrogens with zero attached hydrogens (tertiary/aromatic N) is 1. The summed E-state index contributed by atoms with van der Waals surface area (Å²) in [4.78, 5) is 17.9. The van der Waals surface area contributed by atoms with E-state index >= 15 is 0 Å². The van der Waals surface area contributed by atoms with Gasteiger partial charge in [0.05, 0.1) is 11.3 Å². The summed E-state index contributed by atoms with van der Waals surface area (Å²) in [5.74, 6) is 0.411. The molecule has 3 heteroatoms. The third-order valence-electron chi connectivity index (χ3n) is 5.76. The molecule has 3 nitrogen and oxygen atoms in total. The average molecular weight is 329 g/mol. The second kappa shape index (κ2) is 5.41. The van der Waals surface area contributed by atoms with E-state index in [1.165, 1.54) is 18.4 Å². The van der Waals surface area contributed by atoms with E-state index in [2.05, 4.69) is 18.2 Å². The Bertz CT molecular complexity index is 998. The zero-order valence-electron chi connectivity index (χ0n) is 14.0. The highest BCUT2D eigenvalue weighted by atomic mass is 16.4. The fraction of sp³-hybridized carbons (Fsp3) is 0.273. The van der Waals surface area contributed by atoms with E-state index in [-0.39, 0.29) is 11.0 Å². The monoisotopic (exact) mass is 329 g/mol. The van der Waals surface area contributed by atoms with Crippen molar-refractivity contribution in [1.29, 1.82) is 0 Å². The van der Waals surface area contributed by atoms with Gasteiger partial charge in [-0.3, -0.25) is 0 Å². The molecule has 2 aromatic carbocycles. The molecule has 1 aromatic heterocycles. The van der Waals surface area contributed by atoms with Gasteiger partial charge >= 0.3 is 5.63 Å². The van der Waals surface area contributed by atoms with Crippen molar-refractivity contribution in [2.75, 3.05) is 0 Å². The highest BCUT2D eigenvalue weighted by Crippen LogP contribution is 2.49. The Kier molecular flexibility index (Phi) is 3.17. The summed E-state index contributed by atoms with van der Waals surface area (Å²) < 4.78 is 5.70. The number of hydrogen-bond acceptors (Lipinski definition) is 3. The quantitative estimate of drug-likeness (QED) is 0.648. The smallest absolute Gasteiger partial charge is 0.343 e. The first kappa shape index (κ1) is 14.6. The third kappa shape index (κ3) is 2.19. The second-order valence-electron chi connectivity index (χ2n) is 7.22. The van der Waals surface area contributed by atoms with Crippen molar-refractivity contribution in [2.45, 2.75) is 37.5 Å². The fourth-order valence-corrected chi connectivity index (χ4v) is 4.62. The number of rotatable bonds is 1. The number of aromatic nitrogens is 1. The van der Waals surface area contributed by atoms with Gasteiger partial charge in [-0.15, -0.1) is 0 Å². The van der Waals surface area contributed by atoms with Gasteiger partial charge in [-0.2, -0.15) is 0 Å². The van der Waals surface area contributed by atoms with E-state index in [0.717, 1.165) is 41.6 Å². The minimum Gasteiger partial charge on any atom is -0.403 e. The largest absolute Gasteiger partial charge is 0.403 e. The molecule has 0 radical (unpaired) electrons. The van der Waals surface area contributed by atoms with Crippen LogP contribution in [-0.2, 0) is 11.8 Å². The fourth-order valence-electron chi connectivity index (χ4n) is 4.62. The van der Waals surface area contributed by atoms with Crippen molar-refractivity contribution in [1.82, 2.24) is 4.98 Å². The van der Waals surface area contributed by atoms with E-state index in [4.69, 9.17) is 9.40 Å². The zero-order chi connectivity index (χ0) is 16.9. The van der Waals surface area contributed by atoms with Gasteiger partial charge in [-0.1, -0.05) is 55.3 Å². The predicted octanol–water partition coefficient (Wildman–Crippen LogP) is 4.74. The number of benzene rings is 2. The van der Waals surface area contributed by atoms with E-state index in [9.17, 15) is 4.79 Å². The molecule has 0 saturated heterocycles. The lowest BCUT2D eigenvalue weighted by molar-refractivity contribution is 0.394. The Labute approximate surface area is 146 Å². The molecule has 0 unspecified atom stereocenters. The molecule has 2 aliphatic rings. The maximum absolute atomic E-state index is 13.0. The molecule has 1 heterocycles. The second-order valence-corrected chi connectivity index (χ2v) is 7.22. The van der Waals surface area contributed by atoms with Gasteiger partial charge in [-0.25, -0.2) is 9.78 Å². The summed E-state index contributed by atoms with van der Waals surface area (Å²) >= 11 is 0. The van der Waals surface area contributed by atoms with Crippen LogP contribution in [0.2, 0.25) is 0 Å². The van der Waals surface area contributed by atoms with Gasteiger partial charge < -0.3 is 4.42 Å². The molecule has 1 saturated carbocycles. The van der Waals surface area contributed by atoms with Crippen LogP contribution >= 0.6 is 0 Å². The predicted molar refractivity (Wildman–Crippen MR) is 97.5 cm³/mol. The van der Waals surface area contributed by atoms with Crippen LogP contribution in [0, 0.1) is 0 Å². The molecule has 25 heavy (non-hydrogen) atoms. The molecule has 0 aliphatic heterocycles. The summed E-state index contributed by atoms with van der Waals surface area (Å²) in [5.41, 5.74) is 4.56. The van der Waals surface area contributed by atoms with Crippen molar-refractivity contribution >= 4 is 0 Å². The highest BCUT2D eigenvalue weighted by molar-refractivity contribution is 5.73. The summed E-state index contributed by atoms with van der Waals surface area (Å²) in [6.45, 7) is 0. The molecular weight excluding hydrogens is 310 g/mol. The number of fused-ring (bicyclic) bond motifs is 4. The Hall–Kier alpha value is -2.68. The normalized spacial score (nSPS) is 17.3. The van der Waals surface area contributed by atoms with Crippen LogP contribution in [0.15, 0.2) is 63.8 Å². The summed E-state index contributed by atoms with van der Waals surface area (Å²) in [6, 6.07) is 18.0. The summed E-state index contributed by atoms with van der Waals surface area (Å²) in [7, 11) is 0. The van der Waals surface area contributed by atoms with Crippen LogP contribution in [0.5, 0.6) is 0 Å². The first-order chi connectivity index (χ1) is 12.3. The first-order valence-corrected chi connectivity index (χ1v) is 8.96. The van der Waals surface area contributed by atoms with Gasteiger partial charge in [0.2, 0.25) is 5.89 Å². The van der Waals surface area contributed by atoms with E-state index in [0.29, 0.717) is 5.89 Å². The van der Waals surface area contributed by atoms with E-state index in [1.807, 2.05) is 36.4 Å². The van der Waals surface area contributed by atoms with Crippen LogP contribution in [0.3, 0.4) is 0 Å². The lowest BCUT2D eigenvalue weighted by Gasteiger charge is -2.35. The molecule has 3 aromatic rings. The van der Waals surface area contributed by atoms with Crippen LogP contribution in [0.25, 0.3) is 22.7 Å². The van der Waals surface area contributed by atoms with Crippen molar-refractivity contribution < 1.29 is 4.42 Å². The van der Waals surface area contributed by atoms with E-state index in [1.54, 1.807) is 0 Å². The van der Waals surface area contributed by atoms with Crippen LogP contribution < -0.4 is 5.63 Å². The van der Waals surface area contributed by atoms with Crippen LogP contribution in [0.4, 0.5) is 0 Å². The molecule has 124 valence electrons. The van der Waals surface area contributed by atoms with Gasteiger partial charge in [-0.05, 0) is 37.0 Å². The molecule has 0 N–H and O–H groups in total. The molecule has 2 aliphatic carbocycles. The van der Waals surface area contributed by atoms with E-state index < -0.39 is 0 Å². The highest BCUT2D eigenvalue weighted by Gasteiger charge is 2.44. The maximum Gasteiger partial charge on any atom is 0.343 e. The molecule has 5 rings (SSSR count). The van der Waals surface area contributed by atoms with Crippen molar-refractivity contribution in [2.24, 2.45) is 0 Å². The molecule has 1 fully saturated rings. The number of hydrogen-bond donors (Lipinski definition) is 0. The third-order valence-corrected chi connectivity index (χ3v) is 5.76. The SMILES string of the molecule is O=c1oc(-c2ccccc2)nc2c1C1(CCCC1)Cc1ccccc1-2. The van der Waals surface area contributed by atoms with Gasteiger partial charge in [0.1, 0.15) is 0 Å². The average Bonchev–Trinajstić information content (AvgIpc) is 3.10. The molecular formula is C22H19NO2. The Balaban J connectivity index is 1.81. The molecule has 0 amide bonds. The van der Waals surface area contributed by atoms with Crippen molar-refractivity contribution in [3.05, 3.63) is 76.1 Å². The Morgan fingerprint density at radius 2 is 1.64 bits per heavy atom. The van der Waals surface area contributed by atoms with Crippen molar-refractivity contribution in [3.63, 3.8) is 0 Å². The summed E-state index contributed by atoms with van der Waals surface area (Å²) in [6.07, 6.45) is 5.35. The molecule has 0 atom stereocenters. The Morgan fingerprint density at radius 3 is 2.44 bits per heavy atom. The minimum absolute atomic E-state index is 0.0908. The van der Waals surface area contributed by atoms with Gasteiger partial charge in [0.15, 0.2) is 0 Å². The Morgan fingerprint density at radius 1 is 0.920 bits per heavy atom. The van der Waals surface area contributed by atoms with Crippen molar-refractivity contribution in [3.8, 4) is 22.7 Å². The maximum atomic E-state index is 13.0. The van der Waals surface area contributed by atoms with Crippen LogP contribution in [0.1, 0.15) is 36.8 Å². The minimum atomic E-state index is -0.208. The van der Waals surface area contributed by atoms with Crippen LogP contribution in [-0.4, -0.2) is 4.98 Å². The zero-order valence-corrected chi connectivity index (χ0v) is 14.0.